The average molecular weight is 310 g/mol. The number of nitrogens with one attached hydrogen (secondary N) is 1. The lowest BCUT2D eigenvalue weighted by Crippen LogP contribution is -2.29. The van der Waals surface area contributed by atoms with Gasteiger partial charge in [-0.1, -0.05) is 36.4 Å². The van der Waals surface area contributed by atoms with Crippen molar-refractivity contribution in [2.45, 2.75) is 18.4 Å². The summed E-state index contributed by atoms with van der Waals surface area (Å²) in [6, 6.07) is 11.6. The van der Waals surface area contributed by atoms with E-state index in [9.17, 15) is 14.5 Å². The number of anilines is 1. The monoisotopic (exact) mass is 310 g/mol. The molecule has 0 saturated heterocycles. The van der Waals surface area contributed by atoms with Gasteiger partial charge in [0.1, 0.15) is 5.82 Å². The van der Waals surface area contributed by atoms with Crippen LogP contribution in [0.5, 0.6) is 0 Å². The molecule has 0 bridgehead atoms. The molecule has 1 aliphatic heterocycles. The van der Waals surface area contributed by atoms with Crippen LogP contribution in [0.4, 0.5) is 15.8 Å². The van der Waals surface area contributed by atoms with Gasteiger partial charge in [0.05, 0.1) is 16.7 Å². The van der Waals surface area contributed by atoms with Gasteiger partial charge in [-0.2, -0.15) is 0 Å². The van der Waals surface area contributed by atoms with E-state index >= 15 is 0 Å². The van der Waals surface area contributed by atoms with Crippen LogP contribution in [0, 0.1) is 21.8 Å². The molecule has 0 spiro atoms. The van der Waals surface area contributed by atoms with Gasteiger partial charge >= 0.3 is 0 Å². The van der Waals surface area contributed by atoms with Gasteiger partial charge in [-0.25, -0.2) is 4.39 Å². The van der Waals surface area contributed by atoms with Gasteiger partial charge in [0, 0.05) is 18.1 Å². The molecule has 1 N–H and O–H groups in total. The van der Waals surface area contributed by atoms with Crippen LogP contribution in [0.25, 0.3) is 0 Å². The molecule has 1 heterocycles. The first-order valence-corrected chi connectivity index (χ1v) is 7.61. The number of allylic oxidation sites excluding steroid dienone is 2. The molecule has 0 fully saturated rings. The Kier molecular flexibility index (Phi) is 3.15. The second-order valence-corrected chi connectivity index (χ2v) is 6.03. The normalized spacial score (nSPS) is 24.7. The Morgan fingerprint density at radius 1 is 1.22 bits per heavy atom. The summed E-state index contributed by atoms with van der Waals surface area (Å²) in [6.45, 7) is 0. The summed E-state index contributed by atoms with van der Waals surface area (Å²) >= 11 is 0. The third-order valence-electron chi connectivity index (χ3n) is 4.79. The molecule has 116 valence electrons. The van der Waals surface area contributed by atoms with Crippen molar-refractivity contribution in [2.75, 3.05) is 5.32 Å². The van der Waals surface area contributed by atoms with Gasteiger partial charge in [-0.15, -0.1) is 0 Å². The number of nitro groups is 1. The summed E-state index contributed by atoms with van der Waals surface area (Å²) < 4.78 is 14.2. The number of fused-ring (bicyclic) bond motifs is 3. The predicted molar refractivity (Wildman–Crippen MR) is 85.8 cm³/mol. The molecule has 0 unspecified atom stereocenters. The Morgan fingerprint density at radius 2 is 2.04 bits per heavy atom. The van der Waals surface area contributed by atoms with Crippen LogP contribution < -0.4 is 5.32 Å². The summed E-state index contributed by atoms with van der Waals surface area (Å²) in [5, 5.41) is 14.3. The number of hydrogen-bond acceptors (Lipinski definition) is 3. The molecule has 0 aromatic heterocycles. The number of nitro benzene ring substituents is 1. The van der Waals surface area contributed by atoms with Gasteiger partial charge in [-0.05, 0) is 29.5 Å². The minimum atomic E-state index is -0.398. The summed E-state index contributed by atoms with van der Waals surface area (Å²) in [7, 11) is 0. The molecule has 1 aliphatic carbocycles. The first-order chi connectivity index (χ1) is 11.1. The van der Waals surface area contributed by atoms with Gasteiger partial charge in [-0.3, -0.25) is 10.1 Å². The van der Waals surface area contributed by atoms with Crippen molar-refractivity contribution in [2.24, 2.45) is 5.92 Å². The number of halogens is 1. The Bertz CT molecular complexity index is 818. The number of hydrogen-bond donors (Lipinski definition) is 1. The zero-order chi connectivity index (χ0) is 16.0. The highest BCUT2D eigenvalue weighted by atomic mass is 19.1. The molecule has 0 radical (unpaired) electrons. The molecule has 3 atom stereocenters. The van der Waals surface area contributed by atoms with Crippen molar-refractivity contribution in [1.82, 2.24) is 0 Å². The number of benzene rings is 2. The van der Waals surface area contributed by atoms with Crippen LogP contribution >= 0.6 is 0 Å². The zero-order valence-electron chi connectivity index (χ0n) is 12.3. The summed E-state index contributed by atoms with van der Waals surface area (Å²) in [5.41, 5.74) is 2.36. The molecule has 2 aliphatic rings. The standard InChI is InChI=1S/C18H15FN2O2/c19-16-9-3-8-15-13-6-2-7-14(13)17(20-18(15)16)11-4-1-5-12(10-11)21(22)23/h1-6,8-10,13-14,17,20H,7H2/t13-,14+,17+/m1/s1. The highest BCUT2D eigenvalue weighted by Gasteiger charge is 2.39. The molecule has 2 aromatic carbocycles. The predicted octanol–water partition coefficient (Wildman–Crippen LogP) is 4.56. The molecule has 2 aromatic rings. The Hall–Kier alpha value is -2.69. The van der Waals surface area contributed by atoms with E-state index in [2.05, 4.69) is 17.5 Å². The second-order valence-electron chi connectivity index (χ2n) is 6.03. The zero-order valence-corrected chi connectivity index (χ0v) is 12.3. The smallest absolute Gasteiger partial charge is 0.269 e. The lowest BCUT2D eigenvalue weighted by molar-refractivity contribution is -0.384. The van der Waals surface area contributed by atoms with Crippen molar-refractivity contribution >= 4 is 11.4 Å². The minimum Gasteiger partial charge on any atom is -0.375 e. The van der Waals surface area contributed by atoms with Crippen molar-refractivity contribution in [3.8, 4) is 0 Å². The number of nitrogens with zero attached hydrogens (tertiary/aromatic N) is 1. The van der Waals surface area contributed by atoms with Gasteiger partial charge < -0.3 is 5.32 Å². The number of rotatable bonds is 2. The average Bonchev–Trinajstić information content (AvgIpc) is 3.04. The summed E-state index contributed by atoms with van der Waals surface area (Å²) in [6.07, 6.45) is 5.11. The molecule has 0 amide bonds. The van der Waals surface area contributed by atoms with Crippen LogP contribution in [-0.4, -0.2) is 4.92 Å². The molecule has 4 nitrogen and oxygen atoms in total. The molecular weight excluding hydrogens is 295 g/mol. The van der Waals surface area contributed by atoms with Crippen molar-refractivity contribution in [1.29, 1.82) is 0 Å². The maximum Gasteiger partial charge on any atom is 0.269 e. The Morgan fingerprint density at radius 3 is 2.87 bits per heavy atom. The van der Waals surface area contributed by atoms with E-state index < -0.39 is 4.92 Å². The highest BCUT2D eigenvalue weighted by Crippen LogP contribution is 2.50. The van der Waals surface area contributed by atoms with E-state index in [0.29, 0.717) is 5.69 Å². The molecule has 4 rings (SSSR count). The largest absolute Gasteiger partial charge is 0.375 e. The Labute approximate surface area is 132 Å². The quantitative estimate of drug-likeness (QED) is 0.502. The third-order valence-corrected chi connectivity index (χ3v) is 4.79. The molecule has 5 heteroatoms. The highest BCUT2D eigenvalue weighted by molar-refractivity contribution is 5.60. The maximum atomic E-state index is 14.2. The van der Waals surface area contributed by atoms with Gasteiger partial charge in [0.15, 0.2) is 0 Å². The molecule has 23 heavy (non-hydrogen) atoms. The van der Waals surface area contributed by atoms with Crippen molar-refractivity contribution < 1.29 is 9.31 Å². The fraction of sp³-hybridized carbons (Fsp3) is 0.222. The van der Waals surface area contributed by atoms with E-state index in [0.717, 1.165) is 17.5 Å². The first-order valence-electron chi connectivity index (χ1n) is 7.61. The van der Waals surface area contributed by atoms with Crippen LogP contribution in [0.3, 0.4) is 0 Å². The van der Waals surface area contributed by atoms with Crippen molar-refractivity contribution in [3.63, 3.8) is 0 Å². The van der Waals surface area contributed by atoms with E-state index in [-0.39, 0.29) is 29.4 Å². The van der Waals surface area contributed by atoms with Crippen LogP contribution in [0.15, 0.2) is 54.6 Å². The van der Waals surface area contributed by atoms with E-state index in [1.807, 2.05) is 12.1 Å². The maximum absolute atomic E-state index is 14.2. The summed E-state index contributed by atoms with van der Waals surface area (Å²) in [5.74, 6) is 0.106. The second kappa shape index (κ2) is 5.19. The fourth-order valence-corrected chi connectivity index (χ4v) is 3.75. The fourth-order valence-electron chi connectivity index (χ4n) is 3.75. The van der Waals surface area contributed by atoms with E-state index in [1.165, 1.54) is 12.1 Å². The third kappa shape index (κ3) is 2.20. The van der Waals surface area contributed by atoms with Crippen LogP contribution in [0.2, 0.25) is 0 Å². The van der Waals surface area contributed by atoms with Crippen molar-refractivity contribution in [3.05, 3.63) is 81.7 Å². The number of para-hydroxylation sites is 1. The Balaban J connectivity index is 1.80. The topological polar surface area (TPSA) is 55.2 Å². The van der Waals surface area contributed by atoms with Gasteiger partial charge in [0.2, 0.25) is 0 Å². The van der Waals surface area contributed by atoms with Gasteiger partial charge in [0.25, 0.3) is 5.69 Å². The van der Waals surface area contributed by atoms with E-state index in [4.69, 9.17) is 0 Å². The lowest BCUT2D eigenvalue weighted by atomic mass is 9.77. The minimum absolute atomic E-state index is 0.0612. The number of non-ortho nitro benzene ring substituents is 1. The lowest BCUT2D eigenvalue weighted by Gasteiger charge is -2.37. The van der Waals surface area contributed by atoms with E-state index in [1.54, 1.807) is 18.2 Å². The first kappa shape index (κ1) is 13.9. The summed E-state index contributed by atoms with van der Waals surface area (Å²) in [4.78, 5) is 10.6. The molecule has 0 saturated carbocycles. The molecular formula is C18H15FN2O2. The van der Waals surface area contributed by atoms with Crippen LogP contribution in [0.1, 0.15) is 29.5 Å². The SMILES string of the molecule is O=[N+]([O-])c1cccc([C@@H]2Nc3c(F)cccc3[C@@H]3C=CC[C@@H]32)c1. The van der Waals surface area contributed by atoms with Crippen LogP contribution in [-0.2, 0) is 0 Å².